The predicted octanol–water partition coefficient (Wildman–Crippen LogP) is 2.13. The average molecular weight is 206 g/mol. The van der Waals surface area contributed by atoms with Gasteiger partial charge in [0.05, 0.1) is 0 Å². The van der Waals surface area contributed by atoms with Gasteiger partial charge in [-0.2, -0.15) is 0 Å². The Morgan fingerprint density at radius 1 is 1.20 bits per heavy atom. The van der Waals surface area contributed by atoms with Crippen LogP contribution in [0, 0.1) is 11.3 Å². The van der Waals surface area contributed by atoms with Gasteiger partial charge in [0.2, 0.25) is 0 Å². The SMILES string of the molecule is OC1(O)CCC2(C3=CC=CC3)CCC2C1. The van der Waals surface area contributed by atoms with Gasteiger partial charge in [0, 0.05) is 12.8 Å². The summed E-state index contributed by atoms with van der Waals surface area (Å²) in [4.78, 5) is 0. The maximum absolute atomic E-state index is 9.67. The summed E-state index contributed by atoms with van der Waals surface area (Å²) in [5.74, 6) is -0.881. The van der Waals surface area contributed by atoms with Gasteiger partial charge in [-0.3, -0.25) is 0 Å². The molecule has 0 bridgehead atoms. The Kier molecular flexibility index (Phi) is 1.89. The van der Waals surface area contributed by atoms with Crippen LogP contribution >= 0.6 is 0 Å². The quantitative estimate of drug-likeness (QED) is 0.645. The first-order chi connectivity index (χ1) is 7.12. The van der Waals surface area contributed by atoms with E-state index in [0.29, 0.717) is 24.2 Å². The summed E-state index contributed by atoms with van der Waals surface area (Å²) >= 11 is 0. The summed E-state index contributed by atoms with van der Waals surface area (Å²) < 4.78 is 0. The van der Waals surface area contributed by atoms with Crippen molar-refractivity contribution in [2.75, 3.05) is 0 Å². The zero-order valence-electron chi connectivity index (χ0n) is 8.95. The van der Waals surface area contributed by atoms with Crippen molar-refractivity contribution >= 4 is 0 Å². The van der Waals surface area contributed by atoms with E-state index in [-0.39, 0.29) is 0 Å². The molecule has 15 heavy (non-hydrogen) atoms. The molecule has 0 aromatic heterocycles. The number of hydrogen-bond donors (Lipinski definition) is 2. The predicted molar refractivity (Wildman–Crippen MR) is 58.0 cm³/mol. The Bertz CT molecular complexity index is 340. The number of aliphatic hydroxyl groups is 2. The molecule has 3 aliphatic carbocycles. The number of rotatable bonds is 1. The largest absolute Gasteiger partial charge is 0.366 e. The molecule has 2 atom stereocenters. The van der Waals surface area contributed by atoms with Crippen LogP contribution in [0.4, 0.5) is 0 Å². The third-order valence-corrected chi connectivity index (χ3v) is 4.68. The zero-order chi connectivity index (χ0) is 10.5. The van der Waals surface area contributed by atoms with Crippen molar-refractivity contribution in [2.45, 2.75) is 44.3 Å². The Hall–Kier alpha value is -0.600. The minimum absolute atomic E-state index is 0.332. The average Bonchev–Trinajstić information content (AvgIpc) is 2.65. The monoisotopic (exact) mass is 206 g/mol. The first-order valence-corrected chi connectivity index (χ1v) is 5.93. The maximum Gasteiger partial charge on any atom is 0.162 e. The summed E-state index contributed by atoms with van der Waals surface area (Å²) in [6.45, 7) is 0. The van der Waals surface area contributed by atoms with Crippen molar-refractivity contribution in [2.24, 2.45) is 11.3 Å². The van der Waals surface area contributed by atoms with Gasteiger partial charge >= 0.3 is 0 Å². The Morgan fingerprint density at radius 2 is 2.07 bits per heavy atom. The second kappa shape index (κ2) is 2.96. The summed E-state index contributed by atoms with van der Waals surface area (Å²) in [6, 6.07) is 0. The van der Waals surface area contributed by atoms with Gasteiger partial charge in [0.1, 0.15) is 0 Å². The zero-order valence-corrected chi connectivity index (χ0v) is 8.95. The van der Waals surface area contributed by atoms with Crippen LogP contribution in [0.1, 0.15) is 38.5 Å². The van der Waals surface area contributed by atoms with Gasteiger partial charge in [0.25, 0.3) is 0 Å². The van der Waals surface area contributed by atoms with Gasteiger partial charge < -0.3 is 10.2 Å². The molecule has 2 unspecified atom stereocenters. The molecule has 2 heteroatoms. The van der Waals surface area contributed by atoms with Gasteiger partial charge in [-0.25, -0.2) is 0 Å². The second-order valence-corrected chi connectivity index (χ2v) is 5.40. The maximum atomic E-state index is 9.67. The molecular formula is C13H18O2. The molecule has 0 saturated heterocycles. The number of allylic oxidation sites excluding steroid dienone is 4. The van der Waals surface area contributed by atoms with Crippen LogP contribution in [0.5, 0.6) is 0 Å². The minimum Gasteiger partial charge on any atom is -0.366 e. The fourth-order valence-corrected chi connectivity index (χ4v) is 3.64. The van der Waals surface area contributed by atoms with Crippen molar-refractivity contribution in [3.8, 4) is 0 Å². The third kappa shape index (κ3) is 1.31. The van der Waals surface area contributed by atoms with Crippen molar-refractivity contribution in [1.29, 1.82) is 0 Å². The first-order valence-electron chi connectivity index (χ1n) is 5.93. The highest BCUT2D eigenvalue weighted by atomic mass is 16.5. The van der Waals surface area contributed by atoms with E-state index in [0.717, 1.165) is 12.8 Å². The molecule has 3 aliphatic rings. The first kappa shape index (κ1) is 9.61. The summed E-state index contributed by atoms with van der Waals surface area (Å²) in [5, 5.41) is 19.3. The molecule has 0 amide bonds. The highest BCUT2D eigenvalue weighted by molar-refractivity contribution is 5.32. The number of fused-ring (bicyclic) bond motifs is 1. The number of hydrogen-bond acceptors (Lipinski definition) is 2. The normalized spacial score (nSPS) is 42.0. The topological polar surface area (TPSA) is 40.5 Å². The lowest BCUT2D eigenvalue weighted by molar-refractivity contribution is -0.223. The standard InChI is InChI=1S/C13H18O2/c14-13(15)8-7-12(6-5-11(12)9-13)10-3-1-2-4-10/h1-3,11,14-15H,4-9H2. The van der Waals surface area contributed by atoms with E-state index in [4.69, 9.17) is 0 Å². The molecule has 0 aliphatic heterocycles. The smallest absolute Gasteiger partial charge is 0.162 e. The van der Waals surface area contributed by atoms with Crippen LogP contribution in [0.25, 0.3) is 0 Å². The Balaban J connectivity index is 1.83. The summed E-state index contributed by atoms with van der Waals surface area (Å²) in [6.07, 6.45) is 12.2. The molecule has 0 aromatic rings. The van der Waals surface area contributed by atoms with E-state index in [9.17, 15) is 10.2 Å². The summed E-state index contributed by atoms with van der Waals surface area (Å²) in [5.41, 5.74) is 1.87. The molecule has 2 saturated carbocycles. The van der Waals surface area contributed by atoms with E-state index in [1.54, 1.807) is 0 Å². The molecule has 2 fully saturated rings. The molecule has 0 heterocycles. The summed E-state index contributed by atoms with van der Waals surface area (Å²) in [7, 11) is 0. The van der Waals surface area contributed by atoms with Gasteiger partial charge in [0.15, 0.2) is 5.79 Å². The molecular weight excluding hydrogens is 188 g/mol. The highest BCUT2D eigenvalue weighted by Crippen LogP contribution is 2.62. The molecule has 2 nitrogen and oxygen atoms in total. The van der Waals surface area contributed by atoms with Gasteiger partial charge in [-0.1, -0.05) is 23.8 Å². The van der Waals surface area contributed by atoms with Crippen LogP contribution in [0.15, 0.2) is 23.8 Å². The van der Waals surface area contributed by atoms with Crippen molar-refractivity contribution in [3.63, 3.8) is 0 Å². The molecule has 0 radical (unpaired) electrons. The lowest BCUT2D eigenvalue weighted by Gasteiger charge is -2.56. The van der Waals surface area contributed by atoms with Crippen LogP contribution in [0.2, 0.25) is 0 Å². The van der Waals surface area contributed by atoms with Crippen molar-refractivity contribution < 1.29 is 10.2 Å². The van der Waals surface area contributed by atoms with Crippen molar-refractivity contribution in [1.82, 2.24) is 0 Å². The lowest BCUT2D eigenvalue weighted by Crippen LogP contribution is -2.51. The van der Waals surface area contributed by atoms with Crippen LogP contribution in [0.3, 0.4) is 0 Å². The lowest BCUT2D eigenvalue weighted by atomic mass is 9.49. The fourth-order valence-electron chi connectivity index (χ4n) is 3.64. The molecule has 82 valence electrons. The van der Waals surface area contributed by atoms with E-state index < -0.39 is 5.79 Å². The van der Waals surface area contributed by atoms with Crippen LogP contribution < -0.4 is 0 Å². The van der Waals surface area contributed by atoms with Crippen LogP contribution in [-0.4, -0.2) is 16.0 Å². The van der Waals surface area contributed by atoms with Gasteiger partial charge in [-0.15, -0.1) is 0 Å². The van der Waals surface area contributed by atoms with E-state index in [1.165, 1.54) is 18.4 Å². The van der Waals surface area contributed by atoms with E-state index in [2.05, 4.69) is 18.2 Å². The molecule has 0 spiro atoms. The molecule has 2 N–H and O–H groups in total. The molecule has 3 rings (SSSR count). The Morgan fingerprint density at radius 3 is 2.60 bits per heavy atom. The van der Waals surface area contributed by atoms with Crippen LogP contribution in [-0.2, 0) is 0 Å². The Labute approximate surface area is 90.3 Å². The van der Waals surface area contributed by atoms with E-state index in [1.807, 2.05) is 0 Å². The van der Waals surface area contributed by atoms with Crippen molar-refractivity contribution in [3.05, 3.63) is 23.8 Å². The third-order valence-electron chi connectivity index (χ3n) is 4.68. The highest BCUT2D eigenvalue weighted by Gasteiger charge is 2.54. The fraction of sp³-hybridized carbons (Fsp3) is 0.692. The van der Waals surface area contributed by atoms with Gasteiger partial charge in [-0.05, 0) is 37.0 Å². The molecule has 0 aromatic carbocycles. The minimum atomic E-state index is -1.39. The van der Waals surface area contributed by atoms with E-state index >= 15 is 0 Å². The second-order valence-electron chi connectivity index (χ2n) is 5.40.